The summed E-state index contributed by atoms with van der Waals surface area (Å²) in [6.07, 6.45) is 9.16. The molecule has 0 bridgehead atoms. The van der Waals surface area contributed by atoms with Crippen LogP contribution in [0.4, 0.5) is 0 Å². The van der Waals surface area contributed by atoms with E-state index in [1.807, 2.05) is 24.3 Å². The number of methoxy groups -OCH3 is 1. The molecule has 1 aromatic carbocycles. The van der Waals surface area contributed by atoms with Gasteiger partial charge in [-0.2, -0.15) is 0 Å². The van der Waals surface area contributed by atoms with Crippen LogP contribution < -0.4 is 4.43 Å². The van der Waals surface area contributed by atoms with Gasteiger partial charge in [0.05, 0.1) is 7.11 Å². The van der Waals surface area contributed by atoms with Crippen LogP contribution in [-0.2, 0) is 4.74 Å². The van der Waals surface area contributed by atoms with Crippen molar-refractivity contribution in [3.8, 4) is 17.1 Å². The van der Waals surface area contributed by atoms with Gasteiger partial charge in [0.15, 0.2) is 11.5 Å². The number of aromatic nitrogens is 2. The number of carbonyl (C=O) groups is 1. The van der Waals surface area contributed by atoms with Gasteiger partial charge in [0.2, 0.25) is 9.04 Å². The van der Waals surface area contributed by atoms with E-state index in [1.54, 1.807) is 12.3 Å². The third kappa shape index (κ3) is 6.44. The highest BCUT2D eigenvalue weighted by atomic mass is 28.3. The van der Waals surface area contributed by atoms with Crippen molar-refractivity contribution >= 4 is 15.0 Å². The fourth-order valence-corrected chi connectivity index (χ4v) is 5.44. The number of rotatable bonds is 11. The Kier molecular flexibility index (Phi) is 9.14. The second-order valence-electron chi connectivity index (χ2n) is 7.15. The molecule has 28 heavy (non-hydrogen) atoms. The topological polar surface area (TPSA) is 61.3 Å². The predicted molar refractivity (Wildman–Crippen MR) is 115 cm³/mol. The van der Waals surface area contributed by atoms with Gasteiger partial charge in [-0.05, 0) is 55.3 Å². The van der Waals surface area contributed by atoms with Crippen LogP contribution in [0.2, 0.25) is 12.1 Å². The zero-order chi connectivity index (χ0) is 20.4. The average molecular weight is 401 g/mol. The van der Waals surface area contributed by atoms with Crippen LogP contribution in [0.1, 0.15) is 62.9 Å². The fourth-order valence-electron chi connectivity index (χ4n) is 3.26. The summed E-state index contributed by atoms with van der Waals surface area (Å²) in [4.78, 5) is 20.2. The van der Waals surface area contributed by atoms with Crippen LogP contribution in [0.25, 0.3) is 11.4 Å². The number of unbranched alkanes of at least 4 members (excludes halogenated alkanes) is 2. The summed E-state index contributed by atoms with van der Waals surface area (Å²) in [6.45, 7) is 6.81. The first-order chi connectivity index (χ1) is 13.6. The monoisotopic (exact) mass is 400 g/mol. The molecule has 0 aliphatic carbocycles. The highest BCUT2D eigenvalue weighted by Gasteiger charge is 2.20. The lowest BCUT2D eigenvalue weighted by atomic mass is 10.1. The maximum atomic E-state index is 11.7. The standard InChI is InChI=1S/C22H32N2O3Si/c1-5-7-9-19(10-8-6-2)28(4)27-18-13-11-17(12-14-18)21-23-16-15-20(24-21)22(25)26-3/h11-16,19,28H,5-10H2,1-4H3. The Labute approximate surface area is 170 Å². The summed E-state index contributed by atoms with van der Waals surface area (Å²) < 4.78 is 11.1. The summed E-state index contributed by atoms with van der Waals surface area (Å²) in [5.41, 5.74) is 1.82. The molecule has 1 unspecified atom stereocenters. The summed E-state index contributed by atoms with van der Waals surface area (Å²) in [5, 5.41) is 0. The molecule has 152 valence electrons. The van der Waals surface area contributed by atoms with Crippen LogP contribution in [0.15, 0.2) is 36.5 Å². The molecule has 1 heterocycles. The highest BCUT2D eigenvalue weighted by molar-refractivity contribution is 6.52. The zero-order valence-corrected chi connectivity index (χ0v) is 18.6. The predicted octanol–water partition coefficient (Wildman–Crippen LogP) is 5.41. The number of hydrogen-bond acceptors (Lipinski definition) is 5. The van der Waals surface area contributed by atoms with Gasteiger partial charge in [-0.25, -0.2) is 14.8 Å². The third-order valence-corrected chi connectivity index (χ3v) is 7.64. The van der Waals surface area contributed by atoms with Crippen molar-refractivity contribution in [1.82, 2.24) is 9.97 Å². The lowest BCUT2D eigenvalue weighted by molar-refractivity contribution is 0.0594. The Morgan fingerprint density at radius 2 is 1.71 bits per heavy atom. The molecule has 0 radical (unpaired) electrons. The van der Waals surface area contributed by atoms with Gasteiger partial charge in [0, 0.05) is 11.8 Å². The molecule has 1 aromatic heterocycles. The molecule has 0 N–H and O–H groups in total. The first-order valence-corrected chi connectivity index (χ1v) is 12.6. The van der Waals surface area contributed by atoms with Crippen LogP contribution in [0, 0.1) is 0 Å². The van der Waals surface area contributed by atoms with E-state index in [0.29, 0.717) is 5.82 Å². The minimum atomic E-state index is -1.31. The summed E-state index contributed by atoms with van der Waals surface area (Å²) in [7, 11) is 0.0280. The van der Waals surface area contributed by atoms with Crippen molar-refractivity contribution < 1.29 is 14.0 Å². The zero-order valence-electron chi connectivity index (χ0n) is 17.5. The molecule has 0 spiro atoms. The first kappa shape index (κ1) is 22.1. The normalized spacial score (nSPS) is 12.0. The van der Waals surface area contributed by atoms with Crippen molar-refractivity contribution in [2.24, 2.45) is 0 Å². The molecule has 1 atom stereocenters. The van der Waals surface area contributed by atoms with E-state index in [9.17, 15) is 4.79 Å². The molecule has 0 saturated carbocycles. The van der Waals surface area contributed by atoms with Gasteiger partial charge >= 0.3 is 5.97 Å². The van der Waals surface area contributed by atoms with Gasteiger partial charge in [-0.1, -0.05) is 39.5 Å². The average Bonchev–Trinajstić information content (AvgIpc) is 2.73. The van der Waals surface area contributed by atoms with E-state index in [2.05, 4.69) is 30.4 Å². The lowest BCUT2D eigenvalue weighted by Crippen LogP contribution is -2.25. The Morgan fingerprint density at radius 3 is 2.29 bits per heavy atom. The van der Waals surface area contributed by atoms with Crippen LogP contribution in [0.3, 0.4) is 0 Å². The minimum Gasteiger partial charge on any atom is -0.546 e. The SMILES string of the molecule is CCCCC(CCCC)[SiH](C)Oc1ccc(-c2nccc(C(=O)OC)n2)cc1. The van der Waals surface area contributed by atoms with E-state index in [-0.39, 0.29) is 5.69 Å². The second-order valence-corrected chi connectivity index (χ2v) is 9.74. The molecule has 2 rings (SSSR count). The Balaban J connectivity index is 2.06. The third-order valence-electron chi connectivity index (χ3n) is 5.01. The smallest absolute Gasteiger partial charge is 0.356 e. The fraction of sp³-hybridized carbons (Fsp3) is 0.500. The molecule has 6 heteroatoms. The van der Waals surface area contributed by atoms with E-state index in [0.717, 1.165) is 16.9 Å². The molecular weight excluding hydrogens is 368 g/mol. The number of ether oxygens (including phenoxy) is 1. The molecule has 0 fully saturated rings. The van der Waals surface area contributed by atoms with Gasteiger partial charge in [-0.15, -0.1) is 0 Å². The van der Waals surface area contributed by atoms with E-state index < -0.39 is 15.0 Å². The van der Waals surface area contributed by atoms with Crippen molar-refractivity contribution in [2.45, 2.75) is 64.5 Å². The van der Waals surface area contributed by atoms with Crippen LogP contribution in [0.5, 0.6) is 5.75 Å². The Hall–Kier alpha value is -2.21. The first-order valence-electron chi connectivity index (χ1n) is 10.3. The van der Waals surface area contributed by atoms with Crippen molar-refractivity contribution in [3.63, 3.8) is 0 Å². The summed E-state index contributed by atoms with van der Waals surface area (Å²) in [5.74, 6) is 0.946. The summed E-state index contributed by atoms with van der Waals surface area (Å²) >= 11 is 0. The Bertz CT molecular complexity index is 729. The van der Waals surface area contributed by atoms with Crippen molar-refractivity contribution in [1.29, 1.82) is 0 Å². The maximum absolute atomic E-state index is 11.7. The number of carbonyl (C=O) groups excluding carboxylic acids is 1. The molecule has 0 aliphatic rings. The van der Waals surface area contributed by atoms with E-state index in [4.69, 9.17) is 9.16 Å². The second kappa shape index (κ2) is 11.6. The number of benzene rings is 1. The molecule has 2 aromatic rings. The maximum Gasteiger partial charge on any atom is 0.356 e. The van der Waals surface area contributed by atoms with Gasteiger partial charge in [0.25, 0.3) is 0 Å². The molecule has 0 amide bonds. The van der Waals surface area contributed by atoms with Gasteiger partial charge < -0.3 is 9.16 Å². The van der Waals surface area contributed by atoms with Gasteiger partial charge in [0.1, 0.15) is 5.75 Å². The summed E-state index contributed by atoms with van der Waals surface area (Å²) in [6, 6.07) is 9.39. The van der Waals surface area contributed by atoms with Gasteiger partial charge in [-0.3, -0.25) is 0 Å². The number of hydrogen-bond donors (Lipinski definition) is 0. The number of nitrogens with zero attached hydrogens (tertiary/aromatic N) is 2. The minimum absolute atomic E-state index is 0.253. The number of esters is 1. The lowest BCUT2D eigenvalue weighted by Gasteiger charge is -2.23. The van der Waals surface area contributed by atoms with Crippen LogP contribution >= 0.6 is 0 Å². The van der Waals surface area contributed by atoms with E-state index in [1.165, 1.54) is 45.6 Å². The largest absolute Gasteiger partial charge is 0.546 e. The van der Waals surface area contributed by atoms with Crippen molar-refractivity contribution in [2.75, 3.05) is 7.11 Å². The Morgan fingerprint density at radius 1 is 1.07 bits per heavy atom. The van der Waals surface area contributed by atoms with Crippen molar-refractivity contribution in [3.05, 3.63) is 42.2 Å². The molecule has 0 saturated heterocycles. The van der Waals surface area contributed by atoms with E-state index >= 15 is 0 Å². The molecular formula is C22H32N2O3Si. The van der Waals surface area contributed by atoms with Crippen LogP contribution in [-0.4, -0.2) is 32.1 Å². The molecule has 0 aliphatic heterocycles. The quantitative estimate of drug-likeness (QED) is 0.373. The highest BCUT2D eigenvalue weighted by Crippen LogP contribution is 2.28. The molecule has 5 nitrogen and oxygen atoms in total.